The first-order valence-electron chi connectivity index (χ1n) is 21.2. The van der Waals surface area contributed by atoms with Gasteiger partial charge >= 0.3 is 6.09 Å². The average molecular weight is 824 g/mol. The number of nitrogens with zero attached hydrogens (tertiary/aromatic N) is 2. The predicted molar refractivity (Wildman–Crippen MR) is 245 cm³/mol. The quantitative estimate of drug-likeness (QED) is 0.0856. The maximum atomic E-state index is 13.3. The topological polar surface area (TPSA) is 121 Å². The lowest BCUT2D eigenvalue weighted by Crippen LogP contribution is -2.52. The third-order valence-electron chi connectivity index (χ3n) is 12.8. The second kappa shape index (κ2) is 17.3. The number of allylic oxidation sites excluding steroid dienone is 1. The average Bonchev–Trinajstić information content (AvgIpc) is 3.63. The van der Waals surface area contributed by atoms with Crippen LogP contribution in [0.25, 0.3) is 39.0 Å². The molecule has 10 nitrogen and oxygen atoms in total. The van der Waals surface area contributed by atoms with Crippen LogP contribution in [0.3, 0.4) is 0 Å². The molecule has 2 bridgehead atoms. The zero-order chi connectivity index (χ0) is 42.0. The van der Waals surface area contributed by atoms with Gasteiger partial charge in [-0.2, -0.15) is 0 Å². The van der Waals surface area contributed by atoms with Crippen molar-refractivity contribution >= 4 is 48.0 Å². The molecule has 0 radical (unpaired) electrons. The zero-order valence-electron chi connectivity index (χ0n) is 35.3. The molecule has 5 heterocycles. The molecule has 312 valence electrons. The molecular weight excluding hydrogens is 767 g/mol. The number of benzene rings is 4. The molecule has 2 atom stereocenters. The number of aromatic hydroxyl groups is 1. The Hall–Kier alpha value is -5.46. The van der Waals surface area contributed by atoms with E-state index < -0.39 is 14.4 Å². The number of piperidine rings is 3. The van der Waals surface area contributed by atoms with E-state index in [2.05, 4.69) is 126 Å². The maximum absolute atomic E-state index is 13.3. The number of rotatable bonds is 13. The summed E-state index contributed by atoms with van der Waals surface area (Å²) in [5.41, 5.74) is 7.09. The van der Waals surface area contributed by atoms with Crippen molar-refractivity contribution in [2.75, 3.05) is 31.5 Å². The Morgan fingerprint density at radius 1 is 0.983 bits per heavy atom. The van der Waals surface area contributed by atoms with Gasteiger partial charge < -0.3 is 29.1 Å². The van der Waals surface area contributed by atoms with Crippen LogP contribution in [0.5, 0.6) is 5.75 Å². The first kappa shape index (κ1) is 41.3. The van der Waals surface area contributed by atoms with Gasteiger partial charge in [-0.05, 0) is 114 Å². The van der Waals surface area contributed by atoms with Crippen LogP contribution in [0, 0.1) is 5.92 Å². The van der Waals surface area contributed by atoms with Crippen LogP contribution in [0.15, 0.2) is 114 Å². The zero-order valence-corrected chi connectivity index (χ0v) is 36.3. The summed E-state index contributed by atoms with van der Waals surface area (Å²) in [5, 5.41) is 19.3. The fraction of sp³-hybridized carbons (Fsp3) is 0.347. The van der Waals surface area contributed by atoms with Crippen molar-refractivity contribution < 1.29 is 19.1 Å². The Morgan fingerprint density at radius 3 is 2.53 bits per heavy atom. The minimum atomic E-state index is -2.20. The monoisotopic (exact) mass is 823 g/mol. The highest BCUT2D eigenvalue weighted by Gasteiger charge is 2.40. The molecule has 4 N–H and O–H groups in total. The highest BCUT2D eigenvalue weighted by Crippen LogP contribution is 2.41. The number of aromatic nitrogens is 2. The number of hydrogen-bond donors (Lipinski definition) is 4. The number of carbonyl (C=O) groups excluding carboxylic acids is 1. The summed E-state index contributed by atoms with van der Waals surface area (Å²) in [6, 6.07) is 31.8. The van der Waals surface area contributed by atoms with Gasteiger partial charge in [0, 0.05) is 54.9 Å². The first-order chi connectivity index (χ1) is 28.8. The summed E-state index contributed by atoms with van der Waals surface area (Å²) in [7, 11) is -2.20. The fourth-order valence-electron chi connectivity index (χ4n) is 8.42. The summed E-state index contributed by atoms with van der Waals surface area (Å²) >= 11 is 0. The number of nitrogens with one attached hydrogen (secondary N) is 3. The molecule has 11 heteroatoms. The molecule has 3 aliphatic heterocycles. The van der Waals surface area contributed by atoms with Gasteiger partial charge in [-0.25, -0.2) is 4.79 Å². The predicted octanol–water partition coefficient (Wildman–Crippen LogP) is 10.1. The van der Waals surface area contributed by atoms with Crippen molar-refractivity contribution in [1.29, 1.82) is 0 Å². The Bertz CT molecular complexity index is 2570. The molecule has 3 aliphatic rings. The number of phenols is 1. The van der Waals surface area contributed by atoms with Crippen LogP contribution in [-0.2, 0) is 22.3 Å². The SMILES string of the molecule is CC(C)(C)[Si](C)(C)O[C@@H](CNCc1ccc2c(ccn2C/C=C/c2ccc(-c3ccccc3)c(NC(=O)O[C@H]3CN4CCC3CC4)c2)c1)c1ccc(O)c2[nH]c(=O)ccc12. The second-order valence-corrected chi connectivity index (χ2v) is 22.7. The van der Waals surface area contributed by atoms with Crippen molar-refractivity contribution in [3.05, 3.63) is 136 Å². The molecule has 0 unspecified atom stereocenters. The largest absolute Gasteiger partial charge is 0.506 e. The molecule has 1 amide bonds. The van der Waals surface area contributed by atoms with Crippen LogP contribution in [0.4, 0.5) is 10.5 Å². The number of hydrogen-bond acceptors (Lipinski definition) is 7. The van der Waals surface area contributed by atoms with Gasteiger partial charge in [0.15, 0.2) is 8.32 Å². The van der Waals surface area contributed by atoms with Crippen LogP contribution in [0.2, 0.25) is 18.1 Å². The first-order valence-corrected chi connectivity index (χ1v) is 24.1. The van der Waals surface area contributed by atoms with E-state index in [1.54, 1.807) is 12.1 Å². The van der Waals surface area contributed by atoms with E-state index in [4.69, 9.17) is 9.16 Å². The number of pyridine rings is 1. The third kappa shape index (κ3) is 9.14. The third-order valence-corrected chi connectivity index (χ3v) is 17.3. The molecule has 0 aliphatic carbocycles. The van der Waals surface area contributed by atoms with Crippen LogP contribution in [0.1, 0.15) is 56.4 Å². The van der Waals surface area contributed by atoms with Gasteiger partial charge in [-0.15, -0.1) is 0 Å². The van der Waals surface area contributed by atoms with Crippen LogP contribution < -0.4 is 16.2 Å². The number of fused-ring (bicyclic) bond motifs is 5. The van der Waals surface area contributed by atoms with E-state index in [1.807, 2.05) is 30.3 Å². The van der Waals surface area contributed by atoms with Crippen LogP contribution in [-0.4, -0.2) is 66.3 Å². The number of phenolic OH excluding ortho intramolecular Hbond substituents is 1. The summed E-state index contributed by atoms with van der Waals surface area (Å²) in [5.74, 6) is 0.481. The molecule has 3 saturated heterocycles. The summed E-state index contributed by atoms with van der Waals surface area (Å²) < 4.78 is 15.2. The molecule has 4 aromatic carbocycles. The number of amides is 1. The Labute approximate surface area is 353 Å². The minimum Gasteiger partial charge on any atom is -0.506 e. The van der Waals surface area contributed by atoms with Gasteiger partial charge in [-0.1, -0.05) is 87.5 Å². The maximum Gasteiger partial charge on any atom is 0.411 e. The molecule has 9 rings (SSSR count). The van der Waals surface area contributed by atoms with E-state index in [-0.39, 0.29) is 28.6 Å². The highest BCUT2D eigenvalue weighted by molar-refractivity contribution is 6.74. The normalized spacial score (nSPS) is 18.6. The molecule has 6 aromatic rings. The van der Waals surface area contributed by atoms with E-state index in [9.17, 15) is 14.7 Å². The van der Waals surface area contributed by atoms with Gasteiger partial charge in [0.25, 0.3) is 0 Å². The standard InChI is InChI=1S/C49H57N5O5Si/c1-49(2,3)60(4,5)59-44(39-16-19-43(55)47-40(39)17-20-46(56)52-47)31-50-30-34-14-18-42-37(28-34)23-27-54(42)24-9-10-33-13-15-38(35-11-7-6-8-12-35)41(29-33)51-48(57)58-45-32-53-25-21-36(45)22-26-53/h6-20,23,27-29,36,44-45,50,55H,21-22,24-26,30-32H2,1-5H3,(H,51,57)(H,52,56)/b10-9+/t44-,45-/m0/s1. The molecule has 0 spiro atoms. The number of aromatic amines is 1. The summed E-state index contributed by atoms with van der Waals surface area (Å²) in [6.45, 7) is 16.1. The second-order valence-electron chi connectivity index (χ2n) is 17.9. The molecule has 0 saturated carbocycles. The van der Waals surface area contributed by atoms with Crippen molar-refractivity contribution in [3.8, 4) is 16.9 Å². The van der Waals surface area contributed by atoms with Crippen molar-refractivity contribution in [3.63, 3.8) is 0 Å². The van der Waals surface area contributed by atoms with Gasteiger partial charge in [-0.3, -0.25) is 15.0 Å². The lowest BCUT2D eigenvalue weighted by Gasteiger charge is -2.43. The van der Waals surface area contributed by atoms with Crippen molar-refractivity contribution in [1.82, 2.24) is 19.8 Å². The van der Waals surface area contributed by atoms with Crippen molar-refractivity contribution in [2.45, 2.75) is 77.0 Å². The lowest BCUT2D eigenvalue weighted by molar-refractivity contribution is -0.0289. The van der Waals surface area contributed by atoms with E-state index in [0.717, 1.165) is 82.3 Å². The molecular formula is C49H57N5O5Si. The Balaban J connectivity index is 0.940. The highest BCUT2D eigenvalue weighted by atomic mass is 28.4. The summed E-state index contributed by atoms with van der Waals surface area (Å²) in [4.78, 5) is 30.6. The Kier molecular flexibility index (Phi) is 11.9. The van der Waals surface area contributed by atoms with E-state index in [1.165, 1.54) is 6.07 Å². The Morgan fingerprint density at radius 2 is 1.78 bits per heavy atom. The van der Waals surface area contributed by atoms with Gasteiger partial charge in [0.2, 0.25) is 5.56 Å². The number of carbonyl (C=O) groups is 1. The minimum absolute atomic E-state index is 0.00489. The molecule has 60 heavy (non-hydrogen) atoms. The van der Waals surface area contributed by atoms with Gasteiger partial charge in [0.1, 0.15) is 11.9 Å². The number of ether oxygens (including phenoxy) is 1. The van der Waals surface area contributed by atoms with Crippen molar-refractivity contribution in [2.24, 2.45) is 5.92 Å². The lowest BCUT2D eigenvalue weighted by atomic mass is 9.86. The summed E-state index contributed by atoms with van der Waals surface area (Å²) in [6.07, 6.45) is 7.78. The smallest absolute Gasteiger partial charge is 0.411 e. The molecule has 2 aromatic heterocycles. The number of anilines is 1. The van der Waals surface area contributed by atoms with Gasteiger partial charge in [0.05, 0.1) is 17.3 Å². The van der Waals surface area contributed by atoms with Crippen LogP contribution >= 0.6 is 0 Å². The fourth-order valence-corrected chi connectivity index (χ4v) is 9.69. The van der Waals surface area contributed by atoms with E-state index >= 15 is 0 Å². The van der Waals surface area contributed by atoms with E-state index in [0.29, 0.717) is 31.1 Å². The molecule has 3 fully saturated rings. The number of H-pyrrole nitrogens is 1.